The van der Waals surface area contributed by atoms with E-state index in [0.717, 1.165) is 19.3 Å². The van der Waals surface area contributed by atoms with Gasteiger partial charge in [-0.25, -0.2) is 18.8 Å². The van der Waals surface area contributed by atoms with Crippen LogP contribution in [0.3, 0.4) is 0 Å². The van der Waals surface area contributed by atoms with Crippen molar-refractivity contribution in [2.24, 2.45) is 5.92 Å². The summed E-state index contributed by atoms with van der Waals surface area (Å²) in [6, 6.07) is 8.80. The van der Waals surface area contributed by atoms with Gasteiger partial charge in [0.2, 0.25) is 0 Å². The first-order valence-corrected chi connectivity index (χ1v) is 11.9. The smallest absolute Gasteiger partial charge is 0.423 e. The van der Waals surface area contributed by atoms with Gasteiger partial charge in [-0.05, 0) is 53.0 Å². The van der Waals surface area contributed by atoms with Crippen molar-refractivity contribution in [2.75, 3.05) is 0 Å². The number of esters is 1. The first-order valence-electron chi connectivity index (χ1n) is 11.9. The molecule has 0 radical (unpaired) electrons. The molecule has 34 heavy (non-hydrogen) atoms. The lowest BCUT2D eigenvalue weighted by atomic mass is 9.83. The van der Waals surface area contributed by atoms with E-state index in [1.165, 1.54) is 0 Å². The summed E-state index contributed by atoms with van der Waals surface area (Å²) in [6.07, 6.45) is 1.21. The standard InChI is InChI=1S/C26H38FNO6/c1-24(2,3)33-22(30)28(23(31)34-25(4,5)6)26(27,17-19-13-9-7-10-14-19)21(29)32-18-20-15-11-8-12-16-20/h8,11-12,15-16,19H,7,9-10,13-14,17-18H2,1-6H3. The van der Waals surface area contributed by atoms with Crippen LogP contribution in [0.25, 0.3) is 0 Å². The molecule has 1 unspecified atom stereocenters. The number of amides is 2. The number of ether oxygens (including phenoxy) is 3. The highest BCUT2D eigenvalue weighted by atomic mass is 19.1. The normalized spacial score (nSPS) is 16.8. The van der Waals surface area contributed by atoms with E-state index in [1.54, 1.807) is 71.9 Å². The fourth-order valence-electron chi connectivity index (χ4n) is 3.85. The fraction of sp³-hybridized carbons (Fsp3) is 0.654. The molecule has 190 valence electrons. The average Bonchev–Trinajstić information content (AvgIpc) is 2.70. The summed E-state index contributed by atoms with van der Waals surface area (Å²) in [5, 5.41) is 0. The molecule has 2 rings (SSSR count). The van der Waals surface area contributed by atoms with E-state index in [-0.39, 0.29) is 23.8 Å². The second-order valence-corrected chi connectivity index (χ2v) is 10.8. The van der Waals surface area contributed by atoms with Crippen molar-refractivity contribution in [2.45, 2.75) is 104 Å². The van der Waals surface area contributed by atoms with Crippen LogP contribution in [0.15, 0.2) is 30.3 Å². The van der Waals surface area contributed by atoms with Crippen LogP contribution in [0, 0.1) is 5.92 Å². The minimum absolute atomic E-state index is 0.172. The third-order valence-corrected chi connectivity index (χ3v) is 5.32. The van der Waals surface area contributed by atoms with Crippen molar-refractivity contribution in [1.82, 2.24) is 4.90 Å². The van der Waals surface area contributed by atoms with Gasteiger partial charge in [0.25, 0.3) is 5.79 Å². The number of carbonyl (C=O) groups is 3. The van der Waals surface area contributed by atoms with Gasteiger partial charge in [0.1, 0.15) is 17.8 Å². The van der Waals surface area contributed by atoms with Crippen molar-refractivity contribution in [1.29, 1.82) is 0 Å². The van der Waals surface area contributed by atoms with E-state index in [1.807, 2.05) is 0 Å². The number of imide groups is 1. The number of alkyl halides is 1. The minimum atomic E-state index is -3.08. The van der Waals surface area contributed by atoms with E-state index in [9.17, 15) is 14.4 Å². The van der Waals surface area contributed by atoms with Crippen LogP contribution in [0.5, 0.6) is 0 Å². The lowest BCUT2D eigenvalue weighted by Crippen LogP contribution is -2.60. The summed E-state index contributed by atoms with van der Waals surface area (Å²) in [5.41, 5.74) is -1.41. The highest BCUT2D eigenvalue weighted by Gasteiger charge is 2.56. The molecule has 2 amide bonds. The summed E-state index contributed by atoms with van der Waals surface area (Å²) < 4.78 is 32.8. The quantitative estimate of drug-likeness (QED) is 0.262. The zero-order valence-corrected chi connectivity index (χ0v) is 21.2. The number of halogens is 1. The second kappa shape index (κ2) is 11.2. The molecule has 0 spiro atoms. The molecule has 0 saturated heterocycles. The van der Waals surface area contributed by atoms with Gasteiger partial charge in [-0.1, -0.05) is 62.4 Å². The van der Waals surface area contributed by atoms with Crippen LogP contribution < -0.4 is 0 Å². The topological polar surface area (TPSA) is 82.1 Å². The highest BCUT2D eigenvalue weighted by Crippen LogP contribution is 2.37. The molecule has 1 fully saturated rings. The summed E-state index contributed by atoms with van der Waals surface area (Å²) in [7, 11) is 0. The fourth-order valence-corrected chi connectivity index (χ4v) is 3.85. The largest absolute Gasteiger partial charge is 0.457 e. The predicted molar refractivity (Wildman–Crippen MR) is 126 cm³/mol. The Hall–Kier alpha value is -2.64. The molecule has 1 aromatic carbocycles. The maximum Gasteiger partial charge on any atom is 0.423 e. The Labute approximate surface area is 201 Å². The SMILES string of the molecule is CC(C)(C)OC(=O)N(C(=O)OC(C)(C)C)C(F)(CC1CCCCC1)C(=O)OCc1ccccc1. The van der Waals surface area contributed by atoms with Gasteiger partial charge in [-0.2, -0.15) is 4.90 Å². The molecule has 1 saturated carbocycles. The van der Waals surface area contributed by atoms with E-state index >= 15 is 4.39 Å². The van der Waals surface area contributed by atoms with Gasteiger partial charge in [0.15, 0.2) is 0 Å². The third-order valence-electron chi connectivity index (χ3n) is 5.32. The van der Waals surface area contributed by atoms with Crippen molar-refractivity contribution in [3.63, 3.8) is 0 Å². The number of nitrogens with zero attached hydrogens (tertiary/aromatic N) is 1. The number of hydrogen-bond acceptors (Lipinski definition) is 6. The Morgan fingerprint density at radius 1 is 0.882 bits per heavy atom. The van der Waals surface area contributed by atoms with Crippen molar-refractivity contribution in [3.8, 4) is 0 Å². The molecule has 0 N–H and O–H groups in total. The average molecular weight is 480 g/mol. The molecular formula is C26H38FNO6. The van der Waals surface area contributed by atoms with Gasteiger partial charge in [-0.15, -0.1) is 0 Å². The molecule has 1 atom stereocenters. The van der Waals surface area contributed by atoms with Crippen molar-refractivity contribution < 1.29 is 33.0 Å². The number of benzene rings is 1. The number of hydrogen-bond donors (Lipinski definition) is 0. The predicted octanol–water partition coefficient (Wildman–Crippen LogP) is 6.54. The van der Waals surface area contributed by atoms with E-state index in [4.69, 9.17) is 14.2 Å². The lowest BCUT2D eigenvalue weighted by Gasteiger charge is -2.38. The van der Waals surface area contributed by atoms with E-state index < -0.39 is 35.2 Å². The van der Waals surface area contributed by atoms with E-state index in [2.05, 4.69) is 0 Å². The molecule has 0 heterocycles. The van der Waals surface area contributed by atoms with Gasteiger partial charge >= 0.3 is 18.2 Å². The third kappa shape index (κ3) is 8.29. The monoisotopic (exact) mass is 479 g/mol. The molecule has 7 nitrogen and oxygen atoms in total. The number of carbonyl (C=O) groups excluding carboxylic acids is 3. The Balaban J connectivity index is 2.43. The molecule has 0 bridgehead atoms. The van der Waals surface area contributed by atoms with Gasteiger partial charge in [-0.3, -0.25) is 0 Å². The minimum Gasteiger partial charge on any atom is -0.457 e. The van der Waals surface area contributed by atoms with Gasteiger partial charge in [0.05, 0.1) is 0 Å². The maximum atomic E-state index is 16.8. The lowest BCUT2D eigenvalue weighted by molar-refractivity contribution is -0.175. The van der Waals surface area contributed by atoms with E-state index in [0.29, 0.717) is 18.4 Å². The van der Waals surface area contributed by atoms with Crippen LogP contribution in [-0.2, 0) is 25.6 Å². The van der Waals surface area contributed by atoms with Crippen LogP contribution in [0.2, 0.25) is 0 Å². The zero-order valence-electron chi connectivity index (χ0n) is 21.2. The van der Waals surface area contributed by atoms with Gasteiger partial charge in [0, 0.05) is 6.42 Å². The van der Waals surface area contributed by atoms with Crippen LogP contribution in [0.1, 0.15) is 85.6 Å². The molecular weight excluding hydrogens is 441 g/mol. The molecule has 0 aromatic heterocycles. The van der Waals surface area contributed by atoms with Crippen LogP contribution >= 0.6 is 0 Å². The van der Waals surface area contributed by atoms with Crippen molar-refractivity contribution in [3.05, 3.63) is 35.9 Å². The maximum absolute atomic E-state index is 16.8. The first-order chi connectivity index (χ1) is 15.7. The Kier molecular flexibility index (Phi) is 9.08. The van der Waals surface area contributed by atoms with Crippen LogP contribution in [-0.4, -0.2) is 40.1 Å². The summed E-state index contributed by atoms with van der Waals surface area (Å²) in [5.74, 6) is -4.60. The number of rotatable bonds is 6. The Morgan fingerprint density at radius 2 is 1.38 bits per heavy atom. The van der Waals surface area contributed by atoms with Crippen molar-refractivity contribution >= 4 is 18.2 Å². The summed E-state index contributed by atoms with van der Waals surface area (Å²) in [4.78, 5) is 39.6. The van der Waals surface area contributed by atoms with Crippen LogP contribution in [0.4, 0.5) is 14.0 Å². The highest BCUT2D eigenvalue weighted by molar-refractivity contribution is 5.95. The molecule has 0 aliphatic heterocycles. The summed E-state index contributed by atoms with van der Waals surface area (Å²) >= 11 is 0. The first kappa shape index (κ1) is 27.6. The molecule has 1 aliphatic carbocycles. The van der Waals surface area contributed by atoms with Gasteiger partial charge < -0.3 is 14.2 Å². The summed E-state index contributed by atoms with van der Waals surface area (Å²) in [6.45, 7) is 9.34. The zero-order chi connectivity index (χ0) is 25.6. The second-order valence-electron chi connectivity index (χ2n) is 10.8. The molecule has 8 heteroatoms. The Bertz CT molecular complexity index is 811. The molecule has 1 aromatic rings. The molecule has 1 aliphatic rings. The Morgan fingerprint density at radius 3 is 1.85 bits per heavy atom.